The van der Waals surface area contributed by atoms with E-state index in [-0.39, 0.29) is 15.8 Å². The van der Waals surface area contributed by atoms with E-state index in [9.17, 15) is 8.42 Å². The second-order valence-electron chi connectivity index (χ2n) is 3.37. The van der Waals surface area contributed by atoms with E-state index in [1.54, 1.807) is 6.07 Å². The Labute approximate surface area is 120 Å². The smallest absolute Gasteiger partial charge is 0.182 e. The van der Waals surface area contributed by atoms with Gasteiger partial charge in [0.25, 0.3) is 0 Å². The van der Waals surface area contributed by atoms with Gasteiger partial charge in [0.2, 0.25) is 0 Å². The van der Waals surface area contributed by atoms with Crippen LogP contribution in [0.3, 0.4) is 0 Å². The molecule has 0 spiro atoms. The van der Waals surface area contributed by atoms with E-state index in [1.807, 2.05) is 0 Å². The minimum absolute atomic E-state index is 0.105. The molecule has 1 aromatic rings. The number of nitrogens with zero attached hydrogens (tertiary/aromatic N) is 1. The Morgan fingerprint density at radius 3 is 2.72 bits per heavy atom. The summed E-state index contributed by atoms with van der Waals surface area (Å²) in [6.45, 7) is 6.94. The summed E-state index contributed by atoms with van der Waals surface area (Å²) in [6.07, 6.45) is 5.57. The van der Waals surface area contributed by atoms with E-state index >= 15 is 0 Å². The number of rotatable bonds is 5. The molecule has 0 aromatic carbocycles. The third-order valence-electron chi connectivity index (χ3n) is 2.07. The summed E-state index contributed by atoms with van der Waals surface area (Å²) in [5, 5.41) is 0.170. The molecule has 1 aromatic heterocycles. The largest absolute Gasteiger partial charge is 0.243 e. The van der Waals surface area contributed by atoms with Crippen molar-refractivity contribution in [3.8, 4) is 0 Å². The Hall–Kier alpha value is -0.910. The van der Waals surface area contributed by atoms with Gasteiger partial charge in [0.15, 0.2) is 9.84 Å². The van der Waals surface area contributed by atoms with Crippen molar-refractivity contribution in [2.24, 2.45) is 0 Å². The molecule has 1 heterocycles. The molecule has 0 radical (unpaired) electrons. The van der Waals surface area contributed by atoms with Gasteiger partial charge in [-0.3, -0.25) is 0 Å². The normalized spacial score (nSPS) is 12.2. The number of halogens is 2. The van der Waals surface area contributed by atoms with Crippen molar-refractivity contribution >= 4 is 37.4 Å². The average Bonchev–Trinajstić information content (AvgIpc) is 2.30. The molecule has 0 fully saturated rings. The number of allylic oxidation sites excluding steroid dienone is 3. The van der Waals surface area contributed by atoms with Gasteiger partial charge in [0.1, 0.15) is 5.15 Å². The fourth-order valence-electron chi connectivity index (χ4n) is 1.27. The summed E-state index contributed by atoms with van der Waals surface area (Å²) in [5.74, 6) is -0.232. The zero-order valence-corrected chi connectivity index (χ0v) is 12.6. The fraction of sp³-hybridized carbons (Fsp3) is 0.0833. The Balaban J connectivity index is 3.17. The first-order chi connectivity index (χ1) is 8.40. The molecule has 0 unspecified atom stereocenters. The van der Waals surface area contributed by atoms with Crippen LogP contribution >= 0.6 is 27.5 Å². The lowest BCUT2D eigenvalue weighted by Gasteiger charge is -2.06. The van der Waals surface area contributed by atoms with Crippen LogP contribution in [0, 0.1) is 0 Å². The Morgan fingerprint density at radius 1 is 1.50 bits per heavy atom. The van der Waals surface area contributed by atoms with Crippen molar-refractivity contribution in [3.63, 3.8) is 0 Å². The molecule has 0 saturated heterocycles. The van der Waals surface area contributed by atoms with Crippen molar-refractivity contribution in [1.82, 2.24) is 4.98 Å². The van der Waals surface area contributed by atoms with Gasteiger partial charge in [0, 0.05) is 16.2 Å². The zero-order valence-electron chi connectivity index (χ0n) is 9.44. The predicted octanol–water partition coefficient (Wildman–Crippen LogP) is 3.67. The highest BCUT2D eigenvalue weighted by molar-refractivity contribution is 9.10. The summed E-state index contributed by atoms with van der Waals surface area (Å²) < 4.78 is 24.9. The second-order valence-corrected chi connectivity index (χ2v) is 6.63. The first-order valence-corrected chi connectivity index (χ1v) is 7.71. The van der Waals surface area contributed by atoms with Crippen molar-refractivity contribution in [2.75, 3.05) is 0 Å². The highest BCUT2D eigenvalue weighted by atomic mass is 79.9. The predicted molar refractivity (Wildman–Crippen MR) is 78.0 cm³/mol. The lowest BCUT2D eigenvalue weighted by molar-refractivity contribution is 0.602. The number of sulfone groups is 1. The molecular weight excluding hydrogens is 338 g/mol. The van der Waals surface area contributed by atoms with Crippen LogP contribution in [-0.4, -0.2) is 13.4 Å². The van der Waals surface area contributed by atoms with E-state index < -0.39 is 9.84 Å². The van der Waals surface area contributed by atoms with Gasteiger partial charge in [-0.05, 0) is 28.1 Å². The number of aromatic nitrogens is 1. The Kier molecular flexibility index (Phi) is 5.31. The van der Waals surface area contributed by atoms with Crippen molar-refractivity contribution in [2.45, 2.75) is 5.75 Å². The molecular formula is C12H11BrClNO2S. The number of pyridine rings is 1. The molecule has 3 nitrogen and oxygen atoms in total. The zero-order chi connectivity index (χ0) is 13.8. The standard InChI is InChI=1S/C12H11BrClNO2S/c1-3-5-11(4-2)18(16,17)8-9-6-10(13)7-15-12(9)14/h3-7H,1-2,8H2/b11-5+. The van der Waals surface area contributed by atoms with Crippen LogP contribution in [0.5, 0.6) is 0 Å². The maximum absolute atomic E-state index is 12.1. The van der Waals surface area contributed by atoms with Crippen LogP contribution in [0.15, 0.2) is 53.0 Å². The minimum Gasteiger partial charge on any atom is -0.243 e. The van der Waals surface area contributed by atoms with Crippen molar-refractivity contribution in [3.05, 3.63) is 63.7 Å². The maximum atomic E-state index is 12.1. The molecule has 96 valence electrons. The molecule has 6 heteroatoms. The molecule has 0 N–H and O–H groups in total. The molecule has 0 aliphatic carbocycles. The summed E-state index contributed by atoms with van der Waals surface area (Å²) in [5.41, 5.74) is 0.433. The molecule has 0 aliphatic heterocycles. The van der Waals surface area contributed by atoms with E-state index in [4.69, 9.17) is 11.6 Å². The van der Waals surface area contributed by atoms with Crippen LogP contribution in [0.25, 0.3) is 0 Å². The first kappa shape index (κ1) is 15.1. The van der Waals surface area contributed by atoms with Crippen LogP contribution in [0.2, 0.25) is 5.15 Å². The summed E-state index contributed by atoms with van der Waals surface area (Å²) in [4.78, 5) is 3.99. The highest BCUT2D eigenvalue weighted by Gasteiger charge is 2.18. The molecule has 0 aliphatic rings. The molecule has 1 rings (SSSR count). The quantitative estimate of drug-likeness (QED) is 0.602. The summed E-state index contributed by atoms with van der Waals surface area (Å²) in [7, 11) is -3.50. The topological polar surface area (TPSA) is 47.0 Å². The highest BCUT2D eigenvalue weighted by Crippen LogP contribution is 2.23. The molecule has 0 atom stereocenters. The fourth-order valence-corrected chi connectivity index (χ4v) is 3.25. The van der Waals surface area contributed by atoms with Crippen molar-refractivity contribution < 1.29 is 8.42 Å². The van der Waals surface area contributed by atoms with Gasteiger partial charge >= 0.3 is 0 Å². The van der Waals surface area contributed by atoms with Gasteiger partial charge in [-0.25, -0.2) is 13.4 Å². The third-order valence-corrected chi connectivity index (χ3v) is 4.55. The van der Waals surface area contributed by atoms with E-state index in [0.29, 0.717) is 10.0 Å². The first-order valence-electron chi connectivity index (χ1n) is 4.88. The molecule has 0 saturated carbocycles. The van der Waals surface area contributed by atoms with Gasteiger partial charge in [-0.15, -0.1) is 0 Å². The maximum Gasteiger partial charge on any atom is 0.182 e. The Bertz CT molecular complexity index is 609. The molecule has 0 amide bonds. The second kappa shape index (κ2) is 6.31. The van der Waals surface area contributed by atoms with E-state index in [2.05, 4.69) is 34.1 Å². The lowest BCUT2D eigenvalue weighted by Crippen LogP contribution is -2.07. The van der Waals surface area contributed by atoms with Gasteiger partial charge in [0.05, 0.1) is 10.7 Å². The van der Waals surface area contributed by atoms with Crippen molar-refractivity contribution in [1.29, 1.82) is 0 Å². The monoisotopic (exact) mass is 347 g/mol. The number of hydrogen-bond acceptors (Lipinski definition) is 3. The average molecular weight is 349 g/mol. The van der Waals surface area contributed by atoms with Crippen LogP contribution in [0.4, 0.5) is 0 Å². The van der Waals surface area contributed by atoms with Gasteiger partial charge in [-0.2, -0.15) is 0 Å². The van der Waals surface area contributed by atoms with Crippen LogP contribution < -0.4 is 0 Å². The van der Waals surface area contributed by atoms with Crippen LogP contribution in [-0.2, 0) is 15.6 Å². The number of hydrogen-bond donors (Lipinski definition) is 0. The third kappa shape index (κ3) is 3.80. The summed E-state index contributed by atoms with van der Waals surface area (Å²) >= 11 is 9.09. The Morgan fingerprint density at radius 2 is 2.17 bits per heavy atom. The molecule has 18 heavy (non-hydrogen) atoms. The molecule has 0 bridgehead atoms. The van der Waals surface area contributed by atoms with Gasteiger partial charge in [-0.1, -0.05) is 36.9 Å². The van der Waals surface area contributed by atoms with E-state index in [0.717, 1.165) is 0 Å². The van der Waals surface area contributed by atoms with Gasteiger partial charge < -0.3 is 0 Å². The van der Waals surface area contributed by atoms with Crippen LogP contribution in [0.1, 0.15) is 5.56 Å². The minimum atomic E-state index is -3.50. The van der Waals surface area contributed by atoms with E-state index in [1.165, 1.54) is 24.4 Å². The lowest BCUT2D eigenvalue weighted by atomic mass is 10.3. The summed E-state index contributed by atoms with van der Waals surface area (Å²) in [6, 6.07) is 1.63. The SMILES string of the molecule is C=C/C=C(\C=C)S(=O)(=O)Cc1cc(Br)cnc1Cl.